The predicted molar refractivity (Wildman–Crippen MR) is 86.0 cm³/mol. The highest BCUT2D eigenvalue weighted by molar-refractivity contribution is 8.00. The van der Waals surface area contributed by atoms with Crippen LogP contribution in [0.15, 0.2) is 23.1 Å². The molecule has 1 nitrogen and oxygen atoms in total. The Morgan fingerprint density at radius 1 is 1.11 bits per heavy atom. The number of hydrogen-bond donors (Lipinski definition) is 1. The van der Waals surface area contributed by atoms with Crippen LogP contribution in [0.2, 0.25) is 0 Å². The van der Waals surface area contributed by atoms with Crippen molar-refractivity contribution in [2.24, 2.45) is 11.8 Å². The normalized spacial score (nSPS) is 31.4. The fraction of sp³-hybridized carbons (Fsp3) is 0.647. The van der Waals surface area contributed by atoms with Crippen molar-refractivity contribution in [1.82, 2.24) is 5.32 Å². The molecule has 4 unspecified atom stereocenters. The van der Waals surface area contributed by atoms with E-state index in [-0.39, 0.29) is 0 Å². The molecule has 1 N–H and O–H groups in total. The molecule has 1 aliphatic carbocycles. The molecular weight excluding hydrogens is 250 g/mol. The third-order valence-corrected chi connectivity index (χ3v) is 6.10. The van der Waals surface area contributed by atoms with Gasteiger partial charge in [-0.3, -0.25) is 0 Å². The molecule has 0 bridgehead atoms. The standard InChI is InChI=1S/C17H27NS/c1-11-8-14(4)17(16(9-11)18-5)19-15-7-6-12(2)13(3)10-15/h6-7,10-11,14,16-18H,8-9H2,1-5H3. The average molecular weight is 277 g/mol. The first-order valence-electron chi connectivity index (χ1n) is 7.42. The minimum absolute atomic E-state index is 0.644. The molecule has 0 radical (unpaired) electrons. The molecule has 1 aliphatic rings. The van der Waals surface area contributed by atoms with E-state index in [2.05, 4.69) is 70.0 Å². The van der Waals surface area contributed by atoms with Gasteiger partial charge in [0.2, 0.25) is 0 Å². The molecule has 0 amide bonds. The zero-order valence-electron chi connectivity index (χ0n) is 12.9. The topological polar surface area (TPSA) is 12.0 Å². The fourth-order valence-electron chi connectivity index (χ4n) is 3.25. The lowest BCUT2D eigenvalue weighted by molar-refractivity contribution is 0.257. The molecule has 1 saturated carbocycles. The van der Waals surface area contributed by atoms with Crippen molar-refractivity contribution in [3.8, 4) is 0 Å². The summed E-state index contributed by atoms with van der Waals surface area (Å²) in [4.78, 5) is 1.43. The highest BCUT2D eigenvalue weighted by atomic mass is 32.2. The second-order valence-electron chi connectivity index (χ2n) is 6.28. The highest BCUT2D eigenvalue weighted by Gasteiger charge is 2.33. The van der Waals surface area contributed by atoms with E-state index in [1.807, 2.05) is 0 Å². The summed E-state index contributed by atoms with van der Waals surface area (Å²) >= 11 is 2.07. The maximum Gasteiger partial charge on any atom is 0.0274 e. The second kappa shape index (κ2) is 6.32. The van der Waals surface area contributed by atoms with Crippen LogP contribution in [0.4, 0.5) is 0 Å². The number of benzene rings is 1. The molecule has 1 fully saturated rings. The first kappa shape index (κ1) is 14.9. The second-order valence-corrected chi connectivity index (χ2v) is 7.53. The van der Waals surface area contributed by atoms with Gasteiger partial charge >= 0.3 is 0 Å². The SMILES string of the molecule is CNC1CC(C)CC(C)C1Sc1ccc(C)c(C)c1. The summed E-state index contributed by atoms with van der Waals surface area (Å²) in [6.07, 6.45) is 2.67. The van der Waals surface area contributed by atoms with Crippen LogP contribution in [0, 0.1) is 25.7 Å². The van der Waals surface area contributed by atoms with Gasteiger partial charge in [-0.2, -0.15) is 0 Å². The van der Waals surface area contributed by atoms with Crippen LogP contribution in [0.1, 0.15) is 37.8 Å². The fourth-order valence-corrected chi connectivity index (χ4v) is 4.71. The summed E-state index contributed by atoms with van der Waals surface area (Å²) < 4.78 is 0. The van der Waals surface area contributed by atoms with Crippen molar-refractivity contribution in [3.63, 3.8) is 0 Å². The molecule has 4 atom stereocenters. The summed E-state index contributed by atoms with van der Waals surface area (Å²) in [5.41, 5.74) is 2.79. The summed E-state index contributed by atoms with van der Waals surface area (Å²) in [6, 6.07) is 7.52. The highest BCUT2D eigenvalue weighted by Crippen LogP contribution is 2.39. The molecule has 2 heteroatoms. The zero-order chi connectivity index (χ0) is 14.0. The third-order valence-electron chi connectivity index (χ3n) is 4.51. The van der Waals surface area contributed by atoms with Crippen LogP contribution < -0.4 is 5.32 Å². The molecule has 1 aromatic carbocycles. The van der Waals surface area contributed by atoms with E-state index in [0.29, 0.717) is 11.3 Å². The van der Waals surface area contributed by atoms with Crippen LogP contribution in [-0.2, 0) is 0 Å². The maximum absolute atomic E-state index is 3.54. The van der Waals surface area contributed by atoms with E-state index < -0.39 is 0 Å². The van der Waals surface area contributed by atoms with Gasteiger partial charge in [-0.05, 0) is 68.8 Å². The Kier molecular flexibility index (Phi) is 4.97. The van der Waals surface area contributed by atoms with E-state index >= 15 is 0 Å². The Morgan fingerprint density at radius 2 is 1.84 bits per heavy atom. The third kappa shape index (κ3) is 3.55. The summed E-state index contributed by atoms with van der Waals surface area (Å²) in [6.45, 7) is 9.20. The van der Waals surface area contributed by atoms with Gasteiger partial charge in [-0.25, -0.2) is 0 Å². The van der Waals surface area contributed by atoms with E-state index in [9.17, 15) is 0 Å². The number of hydrogen-bond acceptors (Lipinski definition) is 2. The van der Waals surface area contributed by atoms with Crippen LogP contribution >= 0.6 is 11.8 Å². The Bertz CT molecular complexity index is 429. The van der Waals surface area contributed by atoms with Crippen LogP contribution in [0.25, 0.3) is 0 Å². The van der Waals surface area contributed by atoms with E-state index in [4.69, 9.17) is 0 Å². The van der Waals surface area contributed by atoms with Crippen molar-refractivity contribution >= 4 is 11.8 Å². The van der Waals surface area contributed by atoms with Crippen molar-refractivity contribution in [2.75, 3.05) is 7.05 Å². The maximum atomic E-state index is 3.54. The van der Waals surface area contributed by atoms with E-state index in [1.165, 1.54) is 28.9 Å². The van der Waals surface area contributed by atoms with Crippen LogP contribution in [-0.4, -0.2) is 18.3 Å². The quantitative estimate of drug-likeness (QED) is 0.878. The largest absolute Gasteiger partial charge is 0.316 e. The molecule has 0 aromatic heterocycles. The van der Waals surface area contributed by atoms with Crippen molar-refractivity contribution in [1.29, 1.82) is 0 Å². The average Bonchev–Trinajstić information content (AvgIpc) is 2.36. The van der Waals surface area contributed by atoms with Gasteiger partial charge in [0, 0.05) is 16.2 Å². The zero-order valence-corrected chi connectivity index (χ0v) is 13.7. The van der Waals surface area contributed by atoms with Gasteiger partial charge in [0.05, 0.1) is 0 Å². The molecule has 1 aromatic rings. The van der Waals surface area contributed by atoms with Gasteiger partial charge < -0.3 is 5.32 Å². The molecule has 19 heavy (non-hydrogen) atoms. The van der Waals surface area contributed by atoms with Gasteiger partial charge in [-0.1, -0.05) is 19.9 Å². The number of nitrogens with one attached hydrogen (secondary N) is 1. The molecule has 106 valence electrons. The van der Waals surface area contributed by atoms with Gasteiger partial charge in [0.25, 0.3) is 0 Å². The first-order chi connectivity index (χ1) is 9.01. The molecule has 0 aliphatic heterocycles. The summed E-state index contributed by atoms with van der Waals surface area (Å²) in [5.74, 6) is 1.64. The number of rotatable bonds is 3. The number of thioether (sulfide) groups is 1. The lowest BCUT2D eigenvalue weighted by Crippen LogP contribution is -2.44. The predicted octanol–water partition coefficient (Wildman–Crippen LogP) is 4.42. The molecule has 0 heterocycles. The minimum Gasteiger partial charge on any atom is -0.316 e. The van der Waals surface area contributed by atoms with Crippen molar-refractivity contribution in [3.05, 3.63) is 29.3 Å². The molecular formula is C17H27NS. The summed E-state index contributed by atoms with van der Waals surface area (Å²) in [7, 11) is 2.11. The lowest BCUT2D eigenvalue weighted by atomic mass is 9.80. The van der Waals surface area contributed by atoms with E-state index in [0.717, 1.165) is 11.8 Å². The number of aryl methyl sites for hydroxylation is 2. The monoisotopic (exact) mass is 277 g/mol. The molecule has 0 spiro atoms. The van der Waals surface area contributed by atoms with Crippen molar-refractivity contribution < 1.29 is 0 Å². The molecule has 2 rings (SSSR count). The first-order valence-corrected chi connectivity index (χ1v) is 8.30. The van der Waals surface area contributed by atoms with Crippen LogP contribution in [0.3, 0.4) is 0 Å². The van der Waals surface area contributed by atoms with Crippen LogP contribution in [0.5, 0.6) is 0 Å². The minimum atomic E-state index is 0.644. The van der Waals surface area contributed by atoms with Gasteiger partial charge in [-0.15, -0.1) is 11.8 Å². The van der Waals surface area contributed by atoms with E-state index in [1.54, 1.807) is 0 Å². The Balaban J connectivity index is 2.13. The van der Waals surface area contributed by atoms with Crippen molar-refractivity contribution in [2.45, 2.75) is 56.7 Å². The van der Waals surface area contributed by atoms with Gasteiger partial charge in [0.15, 0.2) is 0 Å². The smallest absolute Gasteiger partial charge is 0.0274 e. The Morgan fingerprint density at radius 3 is 2.47 bits per heavy atom. The summed E-state index contributed by atoms with van der Waals surface area (Å²) in [5, 5.41) is 4.24. The Hall–Kier alpha value is -0.470. The molecule has 0 saturated heterocycles. The lowest BCUT2D eigenvalue weighted by Gasteiger charge is -2.39. The van der Waals surface area contributed by atoms with Gasteiger partial charge in [0.1, 0.15) is 0 Å². The Labute approximate surface area is 122 Å².